The van der Waals surface area contributed by atoms with Crippen LogP contribution < -0.4 is 10.1 Å². The number of amides is 1. The van der Waals surface area contributed by atoms with Gasteiger partial charge < -0.3 is 10.1 Å². The summed E-state index contributed by atoms with van der Waals surface area (Å²) in [6.45, 7) is 2.30. The zero-order chi connectivity index (χ0) is 14.7. The molecule has 2 aromatic heterocycles. The Bertz CT molecular complexity index is 621. The van der Waals surface area contributed by atoms with Gasteiger partial charge in [-0.05, 0) is 19.1 Å². The van der Waals surface area contributed by atoms with Gasteiger partial charge in [-0.2, -0.15) is 5.10 Å². The number of halogens is 1. The van der Waals surface area contributed by atoms with Crippen molar-refractivity contribution < 1.29 is 9.53 Å². The molecule has 108 valence electrons. The van der Waals surface area contributed by atoms with E-state index in [0.717, 1.165) is 16.1 Å². The van der Waals surface area contributed by atoms with Crippen molar-refractivity contribution in [3.63, 3.8) is 0 Å². The van der Waals surface area contributed by atoms with Gasteiger partial charge in [0, 0.05) is 18.5 Å². The number of rotatable bonds is 5. The maximum Gasteiger partial charge on any atom is 0.225 e. The number of methoxy groups -OCH3 is 1. The molecule has 0 aliphatic rings. The summed E-state index contributed by atoms with van der Waals surface area (Å²) in [6, 6.07) is 3.66. The van der Waals surface area contributed by atoms with Crippen molar-refractivity contribution in [2.24, 2.45) is 7.05 Å². The molecule has 2 rings (SSSR count). The molecular weight excluding hydrogens is 298 g/mol. The molecule has 2 aromatic rings. The second-order valence-corrected chi connectivity index (χ2v) is 6.16. The van der Waals surface area contributed by atoms with Gasteiger partial charge in [-0.3, -0.25) is 4.79 Å². The normalized spacial score (nSPS) is 10.6. The number of ether oxygens (including phenoxy) is 1. The molecule has 0 atom stereocenters. The molecule has 0 unspecified atom stereocenters. The van der Waals surface area contributed by atoms with Gasteiger partial charge in [0.15, 0.2) is 0 Å². The lowest BCUT2D eigenvalue weighted by molar-refractivity contribution is -0.120. The van der Waals surface area contributed by atoms with Gasteiger partial charge in [-0.1, -0.05) is 11.6 Å². The van der Waals surface area contributed by atoms with Gasteiger partial charge in [-0.25, -0.2) is 4.68 Å². The Hall–Kier alpha value is -1.53. The molecule has 1 amide bonds. The summed E-state index contributed by atoms with van der Waals surface area (Å²) >= 11 is 7.26. The molecule has 2 heterocycles. The lowest BCUT2D eigenvalue weighted by atomic mass is 10.2. The van der Waals surface area contributed by atoms with E-state index in [4.69, 9.17) is 16.3 Å². The first-order valence-corrected chi connectivity index (χ1v) is 7.28. The summed E-state index contributed by atoms with van der Waals surface area (Å²) < 4.78 is 7.64. The first-order valence-electron chi connectivity index (χ1n) is 6.08. The van der Waals surface area contributed by atoms with Crippen molar-refractivity contribution in [3.8, 4) is 5.88 Å². The van der Waals surface area contributed by atoms with Crippen LogP contribution in [0.25, 0.3) is 0 Å². The van der Waals surface area contributed by atoms with E-state index in [1.54, 1.807) is 17.9 Å². The number of nitrogens with one attached hydrogen (secondary N) is 1. The minimum absolute atomic E-state index is 0.0474. The molecule has 0 bridgehead atoms. The van der Waals surface area contributed by atoms with Crippen LogP contribution in [0.4, 0.5) is 0 Å². The average Bonchev–Trinajstić information content (AvgIpc) is 2.90. The lowest BCUT2D eigenvalue weighted by Gasteiger charge is -2.06. The van der Waals surface area contributed by atoms with Gasteiger partial charge in [0.1, 0.15) is 0 Å². The summed E-state index contributed by atoms with van der Waals surface area (Å²) in [6.07, 6.45) is 0.332. The predicted octanol–water partition coefficient (Wildman–Crippen LogP) is 2.31. The Morgan fingerprint density at radius 2 is 2.30 bits per heavy atom. The molecule has 0 fully saturated rings. The zero-order valence-electron chi connectivity index (χ0n) is 11.6. The predicted molar refractivity (Wildman–Crippen MR) is 79.4 cm³/mol. The van der Waals surface area contributed by atoms with E-state index in [1.807, 2.05) is 20.0 Å². The van der Waals surface area contributed by atoms with E-state index >= 15 is 0 Å². The van der Waals surface area contributed by atoms with Crippen molar-refractivity contribution in [2.75, 3.05) is 7.11 Å². The second-order valence-electron chi connectivity index (χ2n) is 4.36. The zero-order valence-corrected chi connectivity index (χ0v) is 13.1. The van der Waals surface area contributed by atoms with E-state index in [0.29, 0.717) is 23.2 Å². The van der Waals surface area contributed by atoms with Crippen LogP contribution in [0.2, 0.25) is 4.34 Å². The third kappa shape index (κ3) is 3.32. The summed E-state index contributed by atoms with van der Waals surface area (Å²) in [5, 5.41) is 7.15. The number of nitrogens with zero attached hydrogens (tertiary/aromatic N) is 2. The lowest BCUT2D eigenvalue weighted by Crippen LogP contribution is -2.24. The molecule has 1 N–H and O–H groups in total. The highest BCUT2D eigenvalue weighted by atomic mass is 35.5. The number of hydrogen-bond donors (Lipinski definition) is 1. The molecule has 5 nitrogen and oxygen atoms in total. The summed E-state index contributed by atoms with van der Waals surface area (Å²) in [7, 11) is 3.40. The molecule has 7 heteroatoms. The number of thiophene rings is 1. The Labute approximate surface area is 126 Å². The molecule has 0 aliphatic carbocycles. The summed E-state index contributed by atoms with van der Waals surface area (Å²) in [5.41, 5.74) is 1.75. The minimum Gasteiger partial charge on any atom is -0.481 e. The van der Waals surface area contributed by atoms with Crippen LogP contribution in [-0.2, 0) is 24.8 Å². The fourth-order valence-corrected chi connectivity index (χ4v) is 3.08. The molecule has 0 saturated heterocycles. The van der Waals surface area contributed by atoms with Gasteiger partial charge in [-0.15, -0.1) is 11.3 Å². The van der Waals surface area contributed by atoms with E-state index in [-0.39, 0.29) is 5.91 Å². The van der Waals surface area contributed by atoms with Gasteiger partial charge in [0.2, 0.25) is 11.8 Å². The monoisotopic (exact) mass is 313 g/mol. The fourth-order valence-electron chi connectivity index (χ4n) is 1.99. The van der Waals surface area contributed by atoms with Crippen molar-refractivity contribution in [2.45, 2.75) is 19.9 Å². The molecule has 0 saturated carbocycles. The maximum atomic E-state index is 11.9. The third-order valence-electron chi connectivity index (χ3n) is 2.91. The molecule has 20 heavy (non-hydrogen) atoms. The van der Waals surface area contributed by atoms with E-state index in [1.165, 1.54) is 11.3 Å². The SMILES string of the molecule is COc1c(CNC(=O)Cc2ccc(Cl)s2)c(C)nn1C. The second kappa shape index (κ2) is 6.28. The number of aryl methyl sites for hydroxylation is 2. The largest absolute Gasteiger partial charge is 0.481 e. The molecule has 0 radical (unpaired) electrons. The first kappa shape index (κ1) is 14.9. The van der Waals surface area contributed by atoms with E-state index < -0.39 is 0 Å². The van der Waals surface area contributed by atoms with E-state index in [9.17, 15) is 4.79 Å². The van der Waals surface area contributed by atoms with Crippen LogP contribution in [0.3, 0.4) is 0 Å². The van der Waals surface area contributed by atoms with Gasteiger partial charge >= 0.3 is 0 Å². The van der Waals surface area contributed by atoms with Crippen LogP contribution >= 0.6 is 22.9 Å². The van der Waals surface area contributed by atoms with Gasteiger partial charge in [0.05, 0.1) is 29.1 Å². The molecule has 0 spiro atoms. The highest BCUT2D eigenvalue weighted by Gasteiger charge is 2.14. The van der Waals surface area contributed by atoms with Crippen LogP contribution in [0.15, 0.2) is 12.1 Å². The highest BCUT2D eigenvalue weighted by molar-refractivity contribution is 7.16. The fraction of sp³-hybridized carbons (Fsp3) is 0.385. The smallest absolute Gasteiger partial charge is 0.225 e. The van der Waals surface area contributed by atoms with Crippen molar-refractivity contribution in [3.05, 3.63) is 32.6 Å². The van der Waals surface area contributed by atoms with Gasteiger partial charge in [0.25, 0.3) is 0 Å². The van der Waals surface area contributed by atoms with Crippen LogP contribution in [0.1, 0.15) is 16.1 Å². The highest BCUT2D eigenvalue weighted by Crippen LogP contribution is 2.22. The number of carbonyl (C=O) groups excluding carboxylic acids is 1. The number of aromatic nitrogens is 2. The van der Waals surface area contributed by atoms with Crippen LogP contribution in [0.5, 0.6) is 5.88 Å². The van der Waals surface area contributed by atoms with E-state index in [2.05, 4.69) is 10.4 Å². The Kier molecular flexibility index (Phi) is 4.67. The topological polar surface area (TPSA) is 56.1 Å². The molecule has 0 aromatic carbocycles. The van der Waals surface area contributed by atoms with Crippen LogP contribution in [-0.4, -0.2) is 22.8 Å². The number of hydrogen-bond acceptors (Lipinski definition) is 4. The molecule has 0 aliphatic heterocycles. The standard InChI is InChI=1S/C13H16ClN3O2S/c1-8-10(13(19-3)17(2)16-8)7-15-12(18)6-9-4-5-11(14)20-9/h4-5H,6-7H2,1-3H3,(H,15,18). The summed E-state index contributed by atoms with van der Waals surface area (Å²) in [5.74, 6) is 0.621. The average molecular weight is 314 g/mol. The quantitative estimate of drug-likeness (QED) is 0.921. The Balaban J connectivity index is 1.97. The Morgan fingerprint density at radius 3 is 2.90 bits per heavy atom. The van der Waals surface area contributed by atoms with Crippen molar-refractivity contribution >= 4 is 28.8 Å². The summed E-state index contributed by atoms with van der Waals surface area (Å²) in [4.78, 5) is 12.8. The third-order valence-corrected chi connectivity index (χ3v) is 4.14. The minimum atomic E-state index is -0.0474. The Morgan fingerprint density at radius 1 is 1.55 bits per heavy atom. The first-order chi connectivity index (χ1) is 9.51. The van der Waals surface area contributed by atoms with Crippen molar-refractivity contribution in [1.29, 1.82) is 0 Å². The molecular formula is C13H16ClN3O2S. The number of carbonyl (C=O) groups is 1. The maximum absolute atomic E-state index is 11.9. The van der Waals surface area contributed by atoms with Crippen LogP contribution in [0, 0.1) is 6.92 Å². The van der Waals surface area contributed by atoms with Crippen molar-refractivity contribution in [1.82, 2.24) is 15.1 Å².